The second kappa shape index (κ2) is 4.03. The smallest absolute Gasteiger partial charge is 0.221 e. The Hall–Kier alpha value is -1.38. The van der Waals surface area contributed by atoms with Gasteiger partial charge in [0, 0.05) is 24.0 Å². The Kier molecular flexibility index (Phi) is 3.01. The summed E-state index contributed by atoms with van der Waals surface area (Å²) in [5, 5.41) is 2.74. The van der Waals surface area contributed by atoms with E-state index in [1.54, 1.807) is 0 Å². The van der Waals surface area contributed by atoms with Crippen LogP contribution in [-0.2, 0) is 11.2 Å². The number of pyridine rings is 1. The van der Waals surface area contributed by atoms with Gasteiger partial charge < -0.3 is 5.32 Å². The zero-order valence-corrected chi connectivity index (χ0v) is 8.22. The minimum Gasteiger partial charge on any atom is -0.326 e. The molecular formula is C10H14N2O. The largest absolute Gasteiger partial charge is 0.326 e. The molecule has 0 spiro atoms. The van der Waals surface area contributed by atoms with Crippen molar-refractivity contribution in [1.29, 1.82) is 0 Å². The number of amides is 1. The van der Waals surface area contributed by atoms with Gasteiger partial charge in [0.2, 0.25) is 5.91 Å². The van der Waals surface area contributed by atoms with Crippen LogP contribution in [0.15, 0.2) is 12.1 Å². The molecule has 0 aromatic carbocycles. The van der Waals surface area contributed by atoms with E-state index in [9.17, 15) is 4.79 Å². The Balaban J connectivity index is 2.94. The normalized spacial score (nSPS) is 9.77. The zero-order chi connectivity index (χ0) is 9.84. The number of hydrogen-bond acceptors (Lipinski definition) is 2. The fourth-order valence-corrected chi connectivity index (χ4v) is 1.19. The number of aromatic nitrogens is 1. The van der Waals surface area contributed by atoms with Crippen molar-refractivity contribution in [2.45, 2.75) is 27.2 Å². The third kappa shape index (κ3) is 2.86. The molecule has 0 bridgehead atoms. The Labute approximate surface area is 78.2 Å². The van der Waals surface area contributed by atoms with Gasteiger partial charge in [-0.1, -0.05) is 6.92 Å². The summed E-state index contributed by atoms with van der Waals surface area (Å²) in [6.07, 6.45) is 0.883. The van der Waals surface area contributed by atoms with Gasteiger partial charge in [-0.05, 0) is 25.5 Å². The maximum absolute atomic E-state index is 10.8. The number of aryl methyl sites for hydroxylation is 2. The maximum atomic E-state index is 10.8. The average molecular weight is 178 g/mol. The number of anilines is 1. The van der Waals surface area contributed by atoms with Gasteiger partial charge in [-0.25, -0.2) is 0 Å². The standard InChI is InChI=1S/C10H14N2O/c1-4-9-6-10(12-8(3)13)5-7(2)11-9/h5-6H,4H2,1-3H3,(H,11,12,13). The van der Waals surface area contributed by atoms with Crippen molar-refractivity contribution in [1.82, 2.24) is 4.98 Å². The SMILES string of the molecule is CCc1cc(NC(C)=O)cc(C)n1. The highest BCUT2D eigenvalue weighted by Gasteiger charge is 1.99. The Morgan fingerprint density at radius 1 is 1.54 bits per heavy atom. The maximum Gasteiger partial charge on any atom is 0.221 e. The molecule has 1 amide bonds. The summed E-state index contributed by atoms with van der Waals surface area (Å²) >= 11 is 0. The van der Waals surface area contributed by atoms with E-state index in [1.165, 1.54) is 6.92 Å². The van der Waals surface area contributed by atoms with Crippen LogP contribution in [0.3, 0.4) is 0 Å². The van der Waals surface area contributed by atoms with Crippen molar-refractivity contribution < 1.29 is 4.79 Å². The highest BCUT2D eigenvalue weighted by Crippen LogP contribution is 2.11. The molecule has 0 saturated carbocycles. The summed E-state index contributed by atoms with van der Waals surface area (Å²) in [5.41, 5.74) is 2.77. The molecule has 0 unspecified atom stereocenters. The third-order valence-electron chi connectivity index (χ3n) is 1.69. The number of carbonyl (C=O) groups excluding carboxylic acids is 1. The van der Waals surface area contributed by atoms with Gasteiger partial charge in [0.15, 0.2) is 0 Å². The van der Waals surface area contributed by atoms with E-state index in [2.05, 4.69) is 10.3 Å². The van der Waals surface area contributed by atoms with Crippen LogP contribution in [0.5, 0.6) is 0 Å². The fraction of sp³-hybridized carbons (Fsp3) is 0.400. The minimum absolute atomic E-state index is 0.0485. The van der Waals surface area contributed by atoms with Crippen LogP contribution in [0.25, 0.3) is 0 Å². The molecule has 13 heavy (non-hydrogen) atoms. The number of nitrogens with one attached hydrogen (secondary N) is 1. The molecule has 0 fully saturated rings. The molecule has 0 atom stereocenters. The minimum atomic E-state index is -0.0485. The van der Waals surface area contributed by atoms with E-state index in [4.69, 9.17) is 0 Å². The van der Waals surface area contributed by atoms with Crippen molar-refractivity contribution in [3.63, 3.8) is 0 Å². The molecule has 0 radical (unpaired) electrons. The summed E-state index contributed by atoms with van der Waals surface area (Å²) in [6.45, 7) is 5.46. The summed E-state index contributed by atoms with van der Waals surface area (Å²) in [7, 11) is 0. The van der Waals surface area contributed by atoms with E-state index in [-0.39, 0.29) is 5.91 Å². The van der Waals surface area contributed by atoms with Crippen LogP contribution in [0.1, 0.15) is 25.2 Å². The molecule has 1 rings (SSSR count). The van der Waals surface area contributed by atoms with Crippen LogP contribution in [0, 0.1) is 6.92 Å². The molecule has 1 aromatic heterocycles. The van der Waals surface area contributed by atoms with Crippen LogP contribution < -0.4 is 5.32 Å². The topological polar surface area (TPSA) is 42.0 Å². The van der Waals surface area contributed by atoms with Crippen molar-refractivity contribution in [3.05, 3.63) is 23.5 Å². The fourth-order valence-electron chi connectivity index (χ4n) is 1.19. The average Bonchev–Trinajstić information content (AvgIpc) is 2.01. The molecular weight excluding hydrogens is 164 g/mol. The number of carbonyl (C=O) groups is 1. The number of hydrogen-bond donors (Lipinski definition) is 1. The van der Waals surface area contributed by atoms with Gasteiger partial charge >= 0.3 is 0 Å². The van der Waals surface area contributed by atoms with E-state index < -0.39 is 0 Å². The van der Waals surface area contributed by atoms with Crippen LogP contribution in [0.2, 0.25) is 0 Å². The van der Waals surface area contributed by atoms with Gasteiger partial charge in [0.25, 0.3) is 0 Å². The summed E-state index contributed by atoms with van der Waals surface area (Å²) in [5.74, 6) is -0.0485. The van der Waals surface area contributed by atoms with Crippen molar-refractivity contribution >= 4 is 11.6 Å². The lowest BCUT2D eigenvalue weighted by Crippen LogP contribution is -2.07. The first-order chi connectivity index (χ1) is 6.11. The predicted octanol–water partition coefficient (Wildman–Crippen LogP) is 1.91. The molecule has 0 aliphatic rings. The van der Waals surface area contributed by atoms with Crippen molar-refractivity contribution in [3.8, 4) is 0 Å². The Bertz CT molecular complexity index is 321. The molecule has 3 heteroatoms. The molecule has 1 N–H and O–H groups in total. The Morgan fingerprint density at radius 3 is 2.77 bits per heavy atom. The quantitative estimate of drug-likeness (QED) is 0.751. The second-order valence-electron chi connectivity index (χ2n) is 3.02. The molecule has 1 aromatic rings. The van der Waals surface area contributed by atoms with Gasteiger partial charge in [0.1, 0.15) is 0 Å². The molecule has 0 aliphatic heterocycles. The Morgan fingerprint density at radius 2 is 2.23 bits per heavy atom. The van der Waals surface area contributed by atoms with Gasteiger partial charge in [-0.15, -0.1) is 0 Å². The second-order valence-corrected chi connectivity index (χ2v) is 3.02. The lowest BCUT2D eigenvalue weighted by atomic mass is 10.2. The number of rotatable bonds is 2. The lowest BCUT2D eigenvalue weighted by Gasteiger charge is -2.05. The molecule has 3 nitrogen and oxygen atoms in total. The van der Waals surface area contributed by atoms with Gasteiger partial charge in [0.05, 0.1) is 0 Å². The third-order valence-corrected chi connectivity index (χ3v) is 1.69. The molecule has 70 valence electrons. The van der Waals surface area contributed by atoms with Crippen molar-refractivity contribution in [2.24, 2.45) is 0 Å². The lowest BCUT2D eigenvalue weighted by molar-refractivity contribution is -0.114. The van der Waals surface area contributed by atoms with Crippen molar-refractivity contribution in [2.75, 3.05) is 5.32 Å². The van der Waals surface area contributed by atoms with E-state index in [1.807, 2.05) is 26.0 Å². The van der Waals surface area contributed by atoms with Crippen LogP contribution in [0.4, 0.5) is 5.69 Å². The first-order valence-corrected chi connectivity index (χ1v) is 4.37. The summed E-state index contributed by atoms with van der Waals surface area (Å²) in [4.78, 5) is 15.1. The molecule has 1 heterocycles. The van der Waals surface area contributed by atoms with E-state index in [0.717, 1.165) is 23.5 Å². The highest BCUT2D eigenvalue weighted by atomic mass is 16.1. The van der Waals surface area contributed by atoms with E-state index in [0.29, 0.717) is 0 Å². The van der Waals surface area contributed by atoms with E-state index >= 15 is 0 Å². The first-order valence-electron chi connectivity index (χ1n) is 4.37. The summed E-state index contributed by atoms with van der Waals surface area (Å²) in [6, 6.07) is 3.76. The zero-order valence-electron chi connectivity index (χ0n) is 8.22. The van der Waals surface area contributed by atoms with Gasteiger partial charge in [-0.3, -0.25) is 9.78 Å². The van der Waals surface area contributed by atoms with Crippen LogP contribution in [-0.4, -0.2) is 10.9 Å². The summed E-state index contributed by atoms with van der Waals surface area (Å²) < 4.78 is 0. The predicted molar refractivity (Wildman–Crippen MR) is 52.7 cm³/mol. The first kappa shape index (κ1) is 9.71. The number of nitrogens with zero attached hydrogens (tertiary/aromatic N) is 1. The van der Waals surface area contributed by atoms with Crippen LogP contribution >= 0.6 is 0 Å². The molecule has 0 saturated heterocycles. The molecule has 0 aliphatic carbocycles. The van der Waals surface area contributed by atoms with Gasteiger partial charge in [-0.2, -0.15) is 0 Å². The monoisotopic (exact) mass is 178 g/mol. The highest BCUT2D eigenvalue weighted by molar-refractivity contribution is 5.88.